The smallest absolute Gasteiger partial charge is 0.139 e. The lowest BCUT2D eigenvalue weighted by atomic mass is 10.2. The van der Waals surface area contributed by atoms with Crippen molar-refractivity contribution in [2.24, 2.45) is 0 Å². The first-order valence-corrected chi connectivity index (χ1v) is 8.80. The molecule has 2 aromatic carbocycles. The number of aliphatic hydroxyl groups excluding tert-OH is 1. The number of anilines is 1. The van der Waals surface area contributed by atoms with Gasteiger partial charge in [-0.05, 0) is 12.1 Å². The van der Waals surface area contributed by atoms with Crippen LogP contribution in [-0.4, -0.2) is 36.7 Å². The van der Waals surface area contributed by atoms with Crippen LogP contribution >= 0.6 is 11.3 Å². The van der Waals surface area contributed by atoms with Crippen LogP contribution in [0.25, 0.3) is 15.8 Å². The molecule has 1 aliphatic heterocycles. The molecule has 1 aliphatic rings. The predicted molar refractivity (Wildman–Crippen MR) is 104 cm³/mol. The summed E-state index contributed by atoms with van der Waals surface area (Å²) >= 11 is 1.47. The van der Waals surface area contributed by atoms with E-state index < -0.39 is 0 Å². The lowest BCUT2D eigenvalue weighted by molar-refractivity contribution is 0.394. The highest BCUT2D eigenvalue weighted by Gasteiger charge is 2.31. The van der Waals surface area contributed by atoms with Crippen LogP contribution in [0.4, 0.5) is 5.69 Å². The minimum Gasteiger partial charge on any atom is -0.510 e. The van der Waals surface area contributed by atoms with E-state index in [-0.39, 0.29) is 18.1 Å². The second-order valence-corrected chi connectivity index (χ2v) is 6.84. The number of benzene rings is 2. The number of hydrogen-bond donors (Lipinski definition) is 2. The van der Waals surface area contributed by atoms with Gasteiger partial charge >= 0.3 is 0 Å². The van der Waals surface area contributed by atoms with Crippen molar-refractivity contribution in [1.82, 2.24) is 4.98 Å². The molecular formula is C19H17N3O3S. The van der Waals surface area contributed by atoms with E-state index in [9.17, 15) is 5.11 Å². The molecule has 1 aromatic heterocycles. The van der Waals surface area contributed by atoms with Gasteiger partial charge in [0.2, 0.25) is 0 Å². The maximum Gasteiger partial charge on any atom is 0.139 e. The molecule has 0 unspecified atom stereocenters. The molecule has 0 spiro atoms. The molecular weight excluding hydrogens is 350 g/mol. The van der Waals surface area contributed by atoms with Crippen LogP contribution in [0, 0.1) is 5.41 Å². The number of para-hydroxylation sites is 1. The van der Waals surface area contributed by atoms with Crippen molar-refractivity contribution < 1.29 is 14.6 Å². The number of aliphatic hydroxyl groups is 1. The first kappa shape index (κ1) is 16.4. The Labute approximate surface area is 154 Å². The predicted octanol–water partition coefficient (Wildman–Crippen LogP) is 4.08. The normalized spacial score (nSPS) is 14.4. The zero-order chi connectivity index (χ0) is 18.3. The molecule has 3 aromatic rings. The number of aromatic nitrogens is 1. The molecule has 2 heterocycles. The van der Waals surface area contributed by atoms with Gasteiger partial charge in [-0.15, -0.1) is 11.3 Å². The Balaban J connectivity index is 1.72. The van der Waals surface area contributed by atoms with Gasteiger partial charge < -0.3 is 19.5 Å². The zero-order valence-electron chi connectivity index (χ0n) is 14.3. The van der Waals surface area contributed by atoms with Gasteiger partial charge in [0.15, 0.2) is 0 Å². The summed E-state index contributed by atoms with van der Waals surface area (Å²) in [7, 11) is 3.16. The maximum atomic E-state index is 10.5. The maximum absolute atomic E-state index is 10.5. The van der Waals surface area contributed by atoms with Gasteiger partial charge in [0.1, 0.15) is 28.1 Å². The third-order valence-corrected chi connectivity index (χ3v) is 5.31. The van der Waals surface area contributed by atoms with Gasteiger partial charge in [-0.3, -0.25) is 5.41 Å². The Kier molecular flexibility index (Phi) is 4.00. The summed E-state index contributed by atoms with van der Waals surface area (Å²) in [5, 5.41) is 19.8. The number of amidine groups is 1. The number of ether oxygens (including phenoxy) is 2. The van der Waals surface area contributed by atoms with Crippen molar-refractivity contribution in [3.8, 4) is 11.5 Å². The van der Waals surface area contributed by atoms with E-state index in [2.05, 4.69) is 4.98 Å². The number of thiazole rings is 1. The van der Waals surface area contributed by atoms with Crippen LogP contribution in [0.15, 0.2) is 48.2 Å². The fourth-order valence-corrected chi connectivity index (χ4v) is 3.99. The standard InChI is InChI=1S/C19H17N3O3S/c1-24-12-7-11(8-13(9-12)25-2)22-10-15(23)17(18(22)20)19-21-14-5-3-4-6-16(14)26-19/h3-9,20,23H,10H2,1-2H3. The fraction of sp³-hybridized carbons (Fsp3) is 0.158. The SMILES string of the molecule is COc1cc(OC)cc(N2CC(O)=C(c3nc4ccccc4s3)C2=N)c1. The summed E-state index contributed by atoms with van der Waals surface area (Å²) in [5.74, 6) is 1.59. The summed E-state index contributed by atoms with van der Waals surface area (Å²) in [4.78, 5) is 6.28. The number of fused-ring (bicyclic) bond motifs is 1. The van der Waals surface area contributed by atoms with Crippen molar-refractivity contribution in [2.45, 2.75) is 0 Å². The van der Waals surface area contributed by atoms with E-state index in [1.807, 2.05) is 36.4 Å². The van der Waals surface area contributed by atoms with E-state index in [1.165, 1.54) is 11.3 Å². The molecule has 132 valence electrons. The summed E-state index contributed by atoms with van der Waals surface area (Å²) in [6, 6.07) is 13.2. The zero-order valence-corrected chi connectivity index (χ0v) is 15.1. The molecule has 0 bridgehead atoms. The number of rotatable bonds is 4. The average molecular weight is 367 g/mol. The monoisotopic (exact) mass is 367 g/mol. The van der Waals surface area contributed by atoms with E-state index in [0.29, 0.717) is 27.8 Å². The third-order valence-electron chi connectivity index (χ3n) is 4.26. The fourth-order valence-electron chi connectivity index (χ4n) is 2.95. The molecule has 6 nitrogen and oxygen atoms in total. The van der Waals surface area contributed by atoms with Gasteiger partial charge in [0.05, 0.1) is 42.2 Å². The van der Waals surface area contributed by atoms with Gasteiger partial charge in [0, 0.05) is 18.2 Å². The molecule has 2 N–H and O–H groups in total. The largest absolute Gasteiger partial charge is 0.510 e. The first-order chi connectivity index (χ1) is 12.6. The molecule has 0 aliphatic carbocycles. The van der Waals surface area contributed by atoms with Crippen LogP contribution in [0.1, 0.15) is 5.01 Å². The summed E-state index contributed by atoms with van der Waals surface area (Å²) in [6.07, 6.45) is 0. The highest BCUT2D eigenvalue weighted by molar-refractivity contribution is 7.19. The molecule has 0 atom stereocenters. The Hall–Kier alpha value is -3.06. The molecule has 0 amide bonds. The number of methoxy groups -OCH3 is 2. The highest BCUT2D eigenvalue weighted by atomic mass is 32.1. The molecule has 0 saturated heterocycles. The molecule has 0 saturated carbocycles. The molecule has 4 rings (SSSR count). The van der Waals surface area contributed by atoms with Gasteiger partial charge in [-0.2, -0.15) is 0 Å². The molecule has 26 heavy (non-hydrogen) atoms. The Bertz CT molecular complexity index is 986. The molecule has 7 heteroatoms. The lowest BCUT2D eigenvalue weighted by Crippen LogP contribution is -2.26. The second kappa shape index (κ2) is 6.34. The van der Waals surface area contributed by atoms with Gasteiger partial charge in [-0.25, -0.2) is 4.98 Å². The van der Waals surface area contributed by atoms with E-state index in [0.717, 1.165) is 10.2 Å². The number of hydrogen-bond acceptors (Lipinski definition) is 6. The topological polar surface area (TPSA) is 78.7 Å². The first-order valence-electron chi connectivity index (χ1n) is 7.98. The van der Waals surface area contributed by atoms with E-state index in [4.69, 9.17) is 14.9 Å². The Morgan fingerprint density at radius 1 is 1.12 bits per heavy atom. The second-order valence-electron chi connectivity index (χ2n) is 5.81. The van der Waals surface area contributed by atoms with Gasteiger partial charge in [-0.1, -0.05) is 12.1 Å². The van der Waals surface area contributed by atoms with E-state index >= 15 is 0 Å². The van der Waals surface area contributed by atoms with Crippen LogP contribution in [0.3, 0.4) is 0 Å². The van der Waals surface area contributed by atoms with E-state index in [1.54, 1.807) is 25.2 Å². The quantitative estimate of drug-likeness (QED) is 0.726. The minimum absolute atomic E-state index is 0.135. The van der Waals surface area contributed by atoms with Crippen LogP contribution in [-0.2, 0) is 0 Å². The Morgan fingerprint density at radius 2 is 1.81 bits per heavy atom. The van der Waals surface area contributed by atoms with Crippen molar-refractivity contribution in [2.75, 3.05) is 25.7 Å². The minimum atomic E-state index is 0.135. The third kappa shape index (κ3) is 2.66. The van der Waals surface area contributed by atoms with Crippen LogP contribution in [0.5, 0.6) is 11.5 Å². The summed E-state index contributed by atoms with van der Waals surface area (Å²) in [6.45, 7) is 0.209. The summed E-state index contributed by atoms with van der Waals surface area (Å²) in [5.41, 5.74) is 2.05. The van der Waals surface area contributed by atoms with Crippen molar-refractivity contribution in [3.05, 3.63) is 53.2 Å². The highest BCUT2D eigenvalue weighted by Crippen LogP contribution is 2.37. The van der Waals surface area contributed by atoms with Crippen molar-refractivity contribution in [3.63, 3.8) is 0 Å². The Morgan fingerprint density at radius 3 is 2.46 bits per heavy atom. The average Bonchev–Trinajstić information content (AvgIpc) is 3.21. The van der Waals surface area contributed by atoms with Crippen LogP contribution in [0.2, 0.25) is 0 Å². The molecule has 0 radical (unpaired) electrons. The van der Waals surface area contributed by atoms with Crippen molar-refractivity contribution in [1.29, 1.82) is 5.41 Å². The molecule has 0 fully saturated rings. The van der Waals surface area contributed by atoms with Crippen molar-refractivity contribution >= 4 is 38.6 Å². The van der Waals surface area contributed by atoms with Crippen LogP contribution < -0.4 is 14.4 Å². The van der Waals surface area contributed by atoms with Gasteiger partial charge in [0.25, 0.3) is 0 Å². The summed E-state index contributed by atoms with van der Waals surface area (Å²) < 4.78 is 11.6. The number of nitrogens with one attached hydrogen (secondary N) is 1. The number of nitrogens with zero attached hydrogens (tertiary/aromatic N) is 2. The lowest BCUT2D eigenvalue weighted by Gasteiger charge is -2.20.